The molecule has 0 aliphatic heterocycles. The second kappa shape index (κ2) is 6.77. The minimum absolute atomic E-state index is 0.0748. The maximum absolute atomic E-state index is 13.9. The molecule has 0 aromatic heterocycles. The molecular weight excluding hydrogens is 375 g/mol. The predicted molar refractivity (Wildman–Crippen MR) is 93.8 cm³/mol. The first-order valence-electron chi connectivity index (χ1n) is 7.71. The third kappa shape index (κ3) is 3.22. The van der Waals surface area contributed by atoms with Gasteiger partial charge in [0, 0.05) is 17.3 Å². The fourth-order valence-electron chi connectivity index (χ4n) is 2.79. The molecule has 3 nitrogen and oxygen atoms in total. The van der Waals surface area contributed by atoms with Gasteiger partial charge in [-0.05, 0) is 47.9 Å². The van der Waals surface area contributed by atoms with Gasteiger partial charge in [0.2, 0.25) is 0 Å². The Kier molecular flexibility index (Phi) is 4.71. The number of Topliss-reactive ketones (excluding diaryl/α,β-unsaturated/α-hetero) is 1. The Morgan fingerprint density at radius 2 is 2.00 bits per heavy atom. The molecule has 1 aliphatic rings. The molecule has 2 aromatic rings. The van der Waals surface area contributed by atoms with E-state index < -0.39 is 5.82 Å². The van der Waals surface area contributed by atoms with Crippen LogP contribution in [-0.4, -0.2) is 10.9 Å². The number of aliphatic hydroxyl groups is 1. The molecule has 0 unspecified atom stereocenters. The highest BCUT2D eigenvalue weighted by molar-refractivity contribution is 9.10. The molecule has 0 bridgehead atoms. The molecule has 3 rings (SSSR count). The SMILES string of the molecule is CCc1ccc(Oc2ccc(Br)cc2F)cc1C1=C(O)CCC1=O. The molecule has 0 fully saturated rings. The van der Waals surface area contributed by atoms with Crippen molar-refractivity contribution in [2.75, 3.05) is 0 Å². The summed E-state index contributed by atoms with van der Waals surface area (Å²) in [6, 6.07) is 9.81. The van der Waals surface area contributed by atoms with Crippen molar-refractivity contribution < 1.29 is 19.0 Å². The number of ether oxygens (including phenoxy) is 1. The number of allylic oxidation sites excluding steroid dienone is 2. The van der Waals surface area contributed by atoms with Gasteiger partial charge in [-0.2, -0.15) is 0 Å². The van der Waals surface area contributed by atoms with Crippen LogP contribution in [0.25, 0.3) is 5.57 Å². The monoisotopic (exact) mass is 390 g/mol. The standard InChI is InChI=1S/C19H16BrFO3/c1-2-11-3-5-13(24-18-8-4-12(20)9-15(18)21)10-14(11)19-16(22)6-7-17(19)23/h3-5,8-10,22H,2,6-7H2,1H3. The Morgan fingerprint density at radius 3 is 2.62 bits per heavy atom. The topological polar surface area (TPSA) is 46.5 Å². The van der Waals surface area contributed by atoms with E-state index in [-0.39, 0.29) is 17.3 Å². The minimum Gasteiger partial charge on any atom is -0.512 e. The number of carbonyl (C=O) groups is 1. The number of hydrogen-bond donors (Lipinski definition) is 1. The molecule has 1 aliphatic carbocycles. The van der Waals surface area contributed by atoms with E-state index in [2.05, 4.69) is 15.9 Å². The van der Waals surface area contributed by atoms with Crippen LogP contribution in [0.2, 0.25) is 0 Å². The van der Waals surface area contributed by atoms with Crippen LogP contribution in [-0.2, 0) is 11.2 Å². The maximum atomic E-state index is 13.9. The average molecular weight is 391 g/mol. The van der Waals surface area contributed by atoms with E-state index in [9.17, 15) is 14.3 Å². The van der Waals surface area contributed by atoms with Crippen molar-refractivity contribution in [3.8, 4) is 11.5 Å². The van der Waals surface area contributed by atoms with Crippen LogP contribution in [0.4, 0.5) is 4.39 Å². The number of hydrogen-bond acceptors (Lipinski definition) is 3. The number of ketones is 1. The summed E-state index contributed by atoms with van der Waals surface area (Å²) in [6.07, 6.45) is 1.40. The largest absolute Gasteiger partial charge is 0.512 e. The minimum atomic E-state index is -0.482. The van der Waals surface area contributed by atoms with Crippen molar-refractivity contribution in [3.63, 3.8) is 0 Å². The highest BCUT2D eigenvalue weighted by atomic mass is 79.9. The molecule has 0 spiro atoms. The molecule has 124 valence electrons. The number of benzene rings is 2. The van der Waals surface area contributed by atoms with E-state index in [0.717, 1.165) is 5.56 Å². The number of carbonyl (C=O) groups excluding carboxylic acids is 1. The first-order chi connectivity index (χ1) is 11.5. The van der Waals surface area contributed by atoms with Crippen LogP contribution in [0.15, 0.2) is 46.6 Å². The number of aliphatic hydroxyl groups excluding tert-OH is 1. The molecule has 24 heavy (non-hydrogen) atoms. The van der Waals surface area contributed by atoms with Crippen LogP contribution in [0.1, 0.15) is 30.9 Å². The van der Waals surface area contributed by atoms with Crippen molar-refractivity contribution in [1.29, 1.82) is 0 Å². The Morgan fingerprint density at radius 1 is 1.21 bits per heavy atom. The molecular formula is C19H16BrFO3. The van der Waals surface area contributed by atoms with E-state index in [1.807, 2.05) is 13.0 Å². The third-order valence-electron chi connectivity index (χ3n) is 4.01. The Labute approximate surface area is 147 Å². The van der Waals surface area contributed by atoms with Crippen molar-refractivity contribution in [3.05, 3.63) is 63.6 Å². The summed E-state index contributed by atoms with van der Waals surface area (Å²) in [5, 5.41) is 10.0. The Bertz CT molecular complexity index is 843. The second-order valence-corrected chi connectivity index (χ2v) is 6.51. The molecule has 5 heteroatoms. The summed E-state index contributed by atoms with van der Waals surface area (Å²) in [4.78, 5) is 12.1. The van der Waals surface area contributed by atoms with Crippen LogP contribution >= 0.6 is 15.9 Å². The summed E-state index contributed by atoms with van der Waals surface area (Å²) in [6.45, 7) is 1.98. The summed E-state index contributed by atoms with van der Waals surface area (Å²) in [5.41, 5.74) is 1.96. The molecule has 0 amide bonds. The smallest absolute Gasteiger partial charge is 0.167 e. The molecule has 0 saturated heterocycles. The number of aryl methyl sites for hydroxylation is 1. The van der Waals surface area contributed by atoms with Gasteiger partial charge >= 0.3 is 0 Å². The van der Waals surface area contributed by atoms with Gasteiger partial charge in [-0.15, -0.1) is 0 Å². The van der Waals surface area contributed by atoms with E-state index in [0.29, 0.717) is 40.6 Å². The van der Waals surface area contributed by atoms with Crippen LogP contribution in [0.3, 0.4) is 0 Å². The van der Waals surface area contributed by atoms with E-state index in [4.69, 9.17) is 4.74 Å². The summed E-state index contributed by atoms with van der Waals surface area (Å²) < 4.78 is 20.2. The van der Waals surface area contributed by atoms with Crippen molar-refractivity contribution >= 4 is 27.3 Å². The van der Waals surface area contributed by atoms with Gasteiger partial charge in [0.1, 0.15) is 11.5 Å². The first kappa shape index (κ1) is 16.7. The van der Waals surface area contributed by atoms with Crippen molar-refractivity contribution in [2.24, 2.45) is 0 Å². The zero-order valence-electron chi connectivity index (χ0n) is 13.1. The first-order valence-corrected chi connectivity index (χ1v) is 8.50. The number of halogens is 2. The van der Waals surface area contributed by atoms with Gasteiger partial charge in [-0.1, -0.05) is 28.9 Å². The Balaban J connectivity index is 2.01. The fraction of sp³-hybridized carbons (Fsp3) is 0.211. The fourth-order valence-corrected chi connectivity index (χ4v) is 3.13. The molecule has 1 N–H and O–H groups in total. The molecule has 2 aromatic carbocycles. The zero-order chi connectivity index (χ0) is 17.3. The molecule has 0 atom stereocenters. The lowest BCUT2D eigenvalue weighted by Crippen LogP contribution is -2.01. The molecule has 0 heterocycles. The highest BCUT2D eigenvalue weighted by Crippen LogP contribution is 2.35. The zero-order valence-corrected chi connectivity index (χ0v) is 14.7. The lowest BCUT2D eigenvalue weighted by atomic mass is 9.96. The summed E-state index contributed by atoms with van der Waals surface area (Å²) >= 11 is 3.20. The second-order valence-electron chi connectivity index (χ2n) is 5.59. The van der Waals surface area contributed by atoms with Gasteiger partial charge < -0.3 is 9.84 Å². The van der Waals surface area contributed by atoms with Crippen LogP contribution in [0.5, 0.6) is 11.5 Å². The van der Waals surface area contributed by atoms with E-state index >= 15 is 0 Å². The predicted octanol–water partition coefficient (Wildman–Crippen LogP) is 5.57. The van der Waals surface area contributed by atoms with Gasteiger partial charge in [-0.25, -0.2) is 4.39 Å². The van der Waals surface area contributed by atoms with Gasteiger partial charge in [0.05, 0.1) is 5.57 Å². The number of rotatable bonds is 4. The van der Waals surface area contributed by atoms with Crippen LogP contribution in [0, 0.1) is 5.82 Å². The van der Waals surface area contributed by atoms with E-state index in [1.54, 1.807) is 18.2 Å². The quantitative estimate of drug-likeness (QED) is 0.741. The third-order valence-corrected chi connectivity index (χ3v) is 4.50. The molecule has 0 saturated carbocycles. The van der Waals surface area contributed by atoms with Gasteiger partial charge in [-0.3, -0.25) is 4.79 Å². The molecule has 0 radical (unpaired) electrons. The Hall–Kier alpha value is -2.14. The maximum Gasteiger partial charge on any atom is 0.167 e. The van der Waals surface area contributed by atoms with E-state index in [1.165, 1.54) is 12.1 Å². The normalized spacial score (nSPS) is 14.4. The lowest BCUT2D eigenvalue weighted by molar-refractivity contribution is -0.113. The van der Waals surface area contributed by atoms with Gasteiger partial charge in [0.25, 0.3) is 0 Å². The van der Waals surface area contributed by atoms with Crippen molar-refractivity contribution in [1.82, 2.24) is 0 Å². The van der Waals surface area contributed by atoms with Crippen molar-refractivity contribution in [2.45, 2.75) is 26.2 Å². The summed E-state index contributed by atoms with van der Waals surface area (Å²) in [5.74, 6) is 0.0770. The van der Waals surface area contributed by atoms with Gasteiger partial charge in [0.15, 0.2) is 17.3 Å². The highest BCUT2D eigenvalue weighted by Gasteiger charge is 2.26. The van der Waals surface area contributed by atoms with Crippen LogP contribution < -0.4 is 4.74 Å². The lowest BCUT2D eigenvalue weighted by Gasteiger charge is -2.13. The average Bonchev–Trinajstić information content (AvgIpc) is 2.89. The summed E-state index contributed by atoms with van der Waals surface area (Å²) in [7, 11) is 0.